The topological polar surface area (TPSA) is 91.7 Å². The van der Waals surface area contributed by atoms with Gasteiger partial charge in [0.1, 0.15) is 17.9 Å². The third kappa shape index (κ3) is 7.86. The molecule has 0 aliphatic carbocycles. The summed E-state index contributed by atoms with van der Waals surface area (Å²) in [6.45, 7) is 7.61. The van der Waals surface area contributed by atoms with Crippen LogP contribution in [0.25, 0.3) is 11.1 Å². The van der Waals surface area contributed by atoms with E-state index in [0.29, 0.717) is 18.6 Å². The summed E-state index contributed by atoms with van der Waals surface area (Å²) in [4.78, 5) is 25.6. The molecule has 2 aliphatic heterocycles. The van der Waals surface area contributed by atoms with Crippen LogP contribution >= 0.6 is 0 Å². The molecule has 1 fully saturated rings. The Morgan fingerprint density at radius 2 is 1.93 bits per heavy atom. The number of nitriles is 1. The van der Waals surface area contributed by atoms with Crippen molar-refractivity contribution in [1.29, 1.82) is 5.26 Å². The molecular formula is C31H41F2N3O4. The summed E-state index contributed by atoms with van der Waals surface area (Å²) >= 11 is 0. The molecule has 1 amide bonds. The number of alkyl halides is 2. The lowest BCUT2D eigenvalue weighted by Gasteiger charge is -2.30. The third-order valence-electron chi connectivity index (χ3n) is 7.20. The van der Waals surface area contributed by atoms with Gasteiger partial charge in [0.15, 0.2) is 0 Å². The average Bonchev–Trinajstić information content (AvgIpc) is 3.31. The Morgan fingerprint density at radius 3 is 2.60 bits per heavy atom. The molecule has 218 valence electrons. The summed E-state index contributed by atoms with van der Waals surface area (Å²) in [6.07, 6.45) is 0.384. The van der Waals surface area contributed by atoms with Crippen molar-refractivity contribution in [1.82, 2.24) is 10.2 Å². The van der Waals surface area contributed by atoms with E-state index >= 15 is 0 Å². The largest absolute Gasteiger partial charge is 0.426 e. The number of ether oxygens (including phenoxy) is 2. The van der Waals surface area contributed by atoms with E-state index in [9.17, 15) is 23.6 Å². The zero-order valence-electron chi connectivity index (χ0n) is 23.7. The van der Waals surface area contributed by atoms with Crippen LogP contribution in [0.15, 0.2) is 42.5 Å². The summed E-state index contributed by atoms with van der Waals surface area (Å²) < 4.78 is 39.4. The highest BCUT2D eigenvalue weighted by Crippen LogP contribution is 2.36. The van der Waals surface area contributed by atoms with Gasteiger partial charge in [0.25, 0.3) is 5.91 Å². The van der Waals surface area contributed by atoms with Crippen LogP contribution in [0.1, 0.15) is 71.8 Å². The normalized spacial score (nSPS) is 20.4. The van der Waals surface area contributed by atoms with E-state index in [4.69, 9.17) is 9.47 Å². The first kappa shape index (κ1) is 31.2. The lowest BCUT2D eigenvalue weighted by atomic mass is 9.92. The molecule has 9 heteroatoms. The highest BCUT2D eigenvalue weighted by atomic mass is 19.3. The molecule has 0 aromatic heterocycles. The van der Waals surface area contributed by atoms with Gasteiger partial charge in [0.2, 0.25) is 0 Å². The fraction of sp³-hybridized carbons (Fsp3) is 0.516. The smallest absolute Gasteiger partial charge is 0.311 e. The van der Waals surface area contributed by atoms with Crippen molar-refractivity contribution < 1.29 is 29.3 Å². The number of carbonyl (C=O) groups is 2. The van der Waals surface area contributed by atoms with Crippen LogP contribution in [0, 0.1) is 11.3 Å². The van der Waals surface area contributed by atoms with E-state index in [1.54, 1.807) is 0 Å². The van der Waals surface area contributed by atoms with Crippen LogP contribution in [0.3, 0.4) is 0 Å². The van der Waals surface area contributed by atoms with Crippen LogP contribution in [0.5, 0.6) is 5.75 Å². The monoisotopic (exact) mass is 557 g/mol. The SMILES string of the molecule is CC.CCC(F)(F)N1CCCOC(C(=O)NC(C#N)Cc2ccc(-c3ccc4c(c3)C(C)CCC(=O)O4)cc2)C1.[HH]. The molecule has 3 unspecified atom stereocenters. The molecular weight excluding hydrogens is 516 g/mol. The first-order chi connectivity index (χ1) is 19.2. The fourth-order valence-corrected chi connectivity index (χ4v) is 4.84. The number of benzene rings is 2. The van der Waals surface area contributed by atoms with Gasteiger partial charge in [0, 0.05) is 40.4 Å². The van der Waals surface area contributed by atoms with Crippen LogP contribution in [0.4, 0.5) is 8.78 Å². The number of hydrogen-bond donors (Lipinski definition) is 1. The minimum atomic E-state index is -3.01. The highest BCUT2D eigenvalue weighted by Gasteiger charge is 2.39. The number of amides is 1. The van der Waals surface area contributed by atoms with Gasteiger partial charge in [0.05, 0.1) is 6.07 Å². The molecule has 2 aromatic rings. The van der Waals surface area contributed by atoms with E-state index in [1.807, 2.05) is 56.3 Å². The van der Waals surface area contributed by atoms with Crippen LogP contribution in [-0.4, -0.2) is 54.7 Å². The number of halogens is 2. The molecule has 0 spiro atoms. The van der Waals surface area contributed by atoms with Crippen molar-refractivity contribution in [3.05, 3.63) is 53.6 Å². The van der Waals surface area contributed by atoms with Gasteiger partial charge in [-0.05, 0) is 53.1 Å². The maximum absolute atomic E-state index is 14.2. The summed E-state index contributed by atoms with van der Waals surface area (Å²) in [5.74, 6) is 0.0287. The number of hydrogen-bond acceptors (Lipinski definition) is 6. The second-order valence-corrected chi connectivity index (χ2v) is 9.94. The van der Waals surface area contributed by atoms with E-state index in [-0.39, 0.29) is 45.9 Å². The minimum absolute atomic E-state index is 0. The number of nitrogens with one attached hydrogen (secondary N) is 1. The van der Waals surface area contributed by atoms with Crippen LogP contribution < -0.4 is 10.1 Å². The van der Waals surface area contributed by atoms with Gasteiger partial charge in [-0.3, -0.25) is 9.59 Å². The zero-order chi connectivity index (χ0) is 29.3. The molecule has 0 saturated carbocycles. The van der Waals surface area contributed by atoms with Crippen LogP contribution in [-0.2, 0) is 20.7 Å². The summed E-state index contributed by atoms with van der Waals surface area (Å²) in [6, 6.07) is 11.7. The number of nitrogens with zero attached hydrogens (tertiary/aromatic N) is 2. The van der Waals surface area contributed by atoms with E-state index < -0.39 is 24.1 Å². The van der Waals surface area contributed by atoms with Gasteiger partial charge in [-0.25, -0.2) is 4.90 Å². The van der Waals surface area contributed by atoms with E-state index in [1.165, 1.54) is 6.92 Å². The van der Waals surface area contributed by atoms with Gasteiger partial charge in [-0.15, -0.1) is 0 Å². The lowest BCUT2D eigenvalue weighted by Crippen LogP contribution is -2.50. The molecule has 1 saturated heterocycles. The van der Waals surface area contributed by atoms with Gasteiger partial charge in [-0.2, -0.15) is 14.0 Å². The quantitative estimate of drug-likeness (QED) is 0.252. The van der Waals surface area contributed by atoms with Gasteiger partial charge in [-0.1, -0.05) is 58.0 Å². The molecule has 7 nitrogen and oxygen atoms in total. The molecule has 2 aliphatic rings. The molecule has 40 heavy (non-hydrogen) atoms. The highest BCUT2D eigenvalue weighted by molar-refractivity contribution is 5.81. The molecule has 2 heterocycles. The molecule has 1 N–H and O–H groups in total. The molecule has 4 rings (SSSR count). The van der Waals surface area contributed by atoms with Crippen LogP contribution in [0.2, 0.25) is 0 Å². The number of fused-ring (bicyclic) bond motifs is 1. The minimum Gasteiger partial charge on any atom is -0.426 e. The Labute approximate surface area is 236 Å². The Kier molecular flexibility index (Phi) is 11.2. The van der Waals surface area contributed by atoms with Crippen molar-refractivity contribution >= 4 is 11.9 Å². The van der Waals surface area contributed by atoms with E-state index in [2.05, 4.69) is 18.3 Å². The maximum Gasteiger partial charge on any atom is 0.311 e. The van der Waals surface area contributed by atoms with Crippen molar-refractivity contribution in [2.45, 2.75) is 83.9 Å². The standard InChI is InChI=1S/C29H33F2N3O4.C2H6.H2/c1-3-29(30,31)34-13-4-14-37-26(18-34)28(36)33-23(17-32)15-20-6-8-21(9-7-20)22-10-11-25-24(16-22)19(2)5-12-27(35)38-25;1-2;/h6-11,16,19,23,26H,3-5,12-15,18H2,1-2H3,(H,33,36);1-2H3;1H. The van der Waals surface area contributed by atoms with Crippen molar-refractivity contribution in [3.8, 4) is 22.9 Å². The second-order valence-electron chi connectivity index (χ2n) is 9.94. The Hall–Kier alpha value is -3.35. The second kappa shape index (κ2) is 14.3. The Balaban J connectivity index is 0.00000192. The molecule has 0 radical (unpaired) electrons. The molecule has 3 atom stereocenters. The third-order valence-corrected chi connectivity index (χ3v) is 7.20. The predicted octanol–water partition coefficient (Wildman–Crippen LogP) is 6.07. The average molecular weight is 558 g/mol. The summed E-state index contributed by atoms with van der Waals surface area (Å²) in [5, 5.41) is 12.3. The lowest BCUT2D eigenvalue weighted by molar-refractivity contribution is -0.158. The fourth-order valence-electron chi connectivity index (χ4n) is 4.84. The van der Waals surface area contributed by atoms with E-state index in [0.717, 1.165) is 33.6 Å². The van der Waals surface area contributed by atoms with Gasteiger partial charge >= 0.3 is 12.0 Å². The number of esters is 1. The molecule has 2 aromatic carbocycles. The Morgan fingerprint density at radius 1 is 1.23 bits per heavy atom. The Bertz CT molecular complexity index is 1200. The van der Waals surface area contributed by atoms with Crippen molar-refractivity contribution in [2.24, 2.45) is 0 Å². The summed E-state index contributed by atoms with van der Waals surface area (Å²) in [5.41, 5.74) is 3.81. The first-order valence-corrected chi connectivity index (χ1v) is 14.1. The van der Waals surface area contributed by atoms with Crippen molar-refractivity contribution in [2.75, 3.05) is 19.7 Å². The summed E-state index contributed by atoms with van der Waals surface area (Å²) in [7, 11) is 0. The first-order valence-electron chi connectivity index (χ1n) is 14.1. The van der Waals surface area contributed by atoms with Gasteiger partial charge < -0.3 is 14.8 Å². The zero-order valence-corrected chi connectivity index (χ0v) is 23.7. The molecule has 0 bridgehead atoms. The number of rotatable bonds is 7. The van der Waals surface area contributed by atoms with Crippen molar-refractivity contribution in [3.63, 3.8) is 0 Å². The maximum atomic E-state index is 14.2. The predicted molar refractivity (Wildman–Crippen MR) is 151 cm³/mol. The number of carbonyl (C=O) groups excluding carboxylic acids is 2.